The molecule has 21 heavy (non-hydrogen) atoms. The Kier molecular flexibility index (Phi) is 11.7. The zero-order valence-electron chi connectivity index (χ0n) is 16.0. The van der Waals surface area contributed by atoms with Gasteiger partial charge < -0.3 is 0 Å². The molecule has 0 nitrogen and oxygen atoms in total. The quantitative estimate of drug-likeness (QED) is 0.212. The van der Waals surface area contributed by atoms with Gasteiger partial charge in [0.25, 0.3) is 0 Å². The summed E-state index contributed by atoms with van der Waals surface area (Å²) in [5.74, 6) is 0. The van der Waals surface area contributed by atoms with Crippen molar-refractivity contribution in [3.63, 3.8) is 0 Å². The summed E-state index contributed by atoms with van der Waals surface area (Å²) in [6, 6.07) is 1.37. The molecule has 0 aromatic rings. The average Bonchev–Trinajstić information content (AvgIpc) is 2.38. The van der Waals surface area contributed by atoms with Crippen LogP contribution in [-0.4, -0.2) is 26.5 Å². The average molecular weight is 417 g/mol. The first-order valence-corrected chi connectivity index (χ1v) is 21.2. The van der Waals surface area contributed by atoms with E-state index < -0.39 is 26.5 Å². The van der Waals surface area contributed by atoms with Crippen LogP contribution < -0.4 is 0 Å². The van der Waals surface area contributed by atoms with E-state index in [4.69, 9.17) is 0 Å². The molecule has 2 heteroatoms. The van der Waals surface area contributed by atoms with Crippen LogP contribution >= 0.6 is 0 Å². The molecule has 0 aliphatic carbocycles. The number of allylic oxidation sites excluding steroid dienone is 1. The maximum absolute atomic E-state index is 4.54. The molecule has 0 aliphatic heterocycles. The molecule has 0 aliphatic rings. The molecule has 0 spiro atoms. The van der Waals surface area contributed by atoms with Crippen molar-refractivity contribution >= 4 is 26.5 Å². The maximum atomic E-state index is 4.54. The number of hydrogen-bond acceptors (Lipinski definition) is 0. The molecular formula is C19H42SiSn. The van der Waals surface area contributed by atoms with Gasteiger partial charge in [0.15, 0.2) is 0 Å². The molecule has 0 atom stereocenters. The van der Waals surface area contributed by atoms with Crippen LogP contribution in [0.5, 0.6) is 0 Å². The van der Waals surface area contributed by atoms with Crippen LogP contribution in [0, 0.1) is 0 Å². The van der Waals surface area contributed by atoms with Crippen molar-refractivity contribution in [2.24, 2.45) is 0 Å². The minimum atomic E-state index is -1.95. The first-order valence-electron chi connectivity index (χ1n) is 9.45. The van der Waals surface area contributed by atoms with Crippen molar-refractivity contribution in [1.82, 2.24) is 0 Å². The molecular weight excluding hydrogens is 375 g/mol. The third-order valence-electron chi connectivity index (χ3n) is 4.59. The third-order valence-corrected chi connectivity index (χ3v) is 21.8. The summed E-state index contributed by atoms with van der Waals surface area (Å²) >= 11 is -1.95. The summed E-state index contributed by atoms with van der Waals surface area (Å²) in [5, 5.41) is 0. The molecule has 0 bridgehead atoms. The summed E-state index contributed by atoms with van der Waals surface area (Å²) in [7, 11) is -0.980. The Bertz CT molecular complexity index is 256. The molecule has 126 valence electrons. The van der Waals surface area contributed by atoms with Crippen LogP contribution in [0.4, 0.5) is 0 Å². The van der Waals surface area contributed by atoms with Crippen LogP contribution in [0.25, 0.3) is 0 Å². The fourth-order valence-electron chi connectivity index (χ4n) is 3.64. The second-order valence-electron chi connectivity index (χ2n) is 8.47. The van der Waals surface area contributed by atoms with Gasteiger partial charge in [0, 0.05) is 0 Å². The molecule has 0 heterocycles. The van der Waals surface area contributed by atoms with E-state index in [0.717, 1.165) is 0 Å². The fourth-order valence-corrected chi connectivity index (χ4v) is 22.5. The number of unbranched alkanes of at least 4 members (excludes halogenated alkanes) is 3. The summed E-state index contributed by atoms with van der Waals surface area (Å²) in [5.41, 5.74) is 1.65. The van der Waals surface area contributed by atoms with Gasteiger partial charge in [0.2, 0.25) is 0 Å². The monoisotopic (exact) mass is 418 g/mol. The molecule has 0 rings (SSSR count). The van der Waals surface area contributed by atoms with Gasteiger partial charge in [-0.2, -0.15) is 0 Å². The summed E-state index contributed by atoms with van der Waals surface area (Å²) in [6.07, 6.45) is 8.63. The van der Waals surface area contributed by atoms with E-state index in [9.17, 15) is 0 Å². The van der Waals surface area contributed by atoms with Gasteiger partial charge in [-0.05, 0) is 0 Å². The fraction of sp³-hybridized carbons (Fsp3) is 0.895. The molecule has 0 N–H and O–H groups in total. The molecule has 0 aromatic heterocycles. The van der Waals surface area contributed by atoms with Crippen molar-refractivity contribution in [2.45, 2.75) is 103 Å². The van der Waals surface area contributed by atoms with Crippen molar-refractivity contribution in [2.75, 3.05) is 0 Å². The van der Waals surface area contributed by atoms with E-state index in [1.807, 2.05) is 0 Å². The van der Waals surface area contributed by atoms with Crippen molar-refractivity contribution < 1.29 is 0 Å². The Balaban J connectivity index is 4.88. The normalized spacial score (nSPS) is 12.7. The Morgan fingerprint density at radius 1 is 0.810 bits per heavy atom. The number of hydrogen-bond donors (Lipinski definition) is 0. The first kappa shape index (κ1) is 21.8. The van der Waals surface area contributed by atoms with Gasteiger partial charge in [0.1, 0.15) is 0 Å². The van der Waals surface area contributed by atoms with Gasteiger partial charge in [0.05, 0.1) is 0 Å². The summed E-state index contributed by atoms with van der Waals surface area (Å²) in [4.78, 5) is 0. The van der Waals surface area contributed by atoms with Crippen LogP contribution in [-0.2, 0) is 0 Å². The van der Waals surface area contributed by atoms with Gasteiger partial charge >= 0.3 is 141 Å². The molecule has 0 radical (unpaired) electrons. The van der Waals surface area contributed by atoms with Gasteiger partial charge in [-0.15, -0.1) is 0 Å². The van der Waals surface area contributed by atoms with E-state index in [2.05, 4.69) is 47.0 Å². The van der Waals surface area contributed by atoms with Crippen LogP contribution in [0.2, 0.25) is 43.4 Å². The zero-order valence-corrected chi connectivity index (χ0v) is 19.8. The first-order chi connectivity index (χ1) is 9.78. The Labute approximate surface area is 141 Å². The molecule has 0 unspecified atom stereocenters. The van der Waals surface area contributed by atoms with Gasteiger partial charge in [-0.3, -0.25) is 0 Å². The topological polar surface area (TPSA) is 0 Å². The van der Waals surface area contributed by atoms with E-state index in [1.54, 1.807) is 18.9 Å². The van der Waals surface area contributed by atoms with Crippen LogP contribution in [0.15, 0.2) is 12.2 Å². The predicted octanol–water partition coefficient (Wildman–Crippen LogP) is 7.73. The summed E-state index contributed by atoms with van der Waals surface area (Å²) in [6.45, 7) is 19.1. The standard InChI is InChI=1S/C7H15Si.3C4H9.Sn/c1-7(2)6-8(3,4)5;3*1-3-4-2;/h1-2,6H2,3-5H3;3*1,3-4H2,2H3;. The van der Waals surface area contributed by atoms with Crippen molar-refractivity contribution in [1.29, 1.82) is 0 Å². The van der Waals surface area contributed by atoms with Crippen molar-refractivity contribution in [3.05, 3.63) is 12.2 Å². The SMILES string of the molecule is C=C(C[Si](C)(C)C)[CH2][Sn]([CH2]CCC)([CH2]CCC)[CH2]CCC. The van der Waals surface area contributed by atoms with Crippen LogP contribution in [0.1, 0.15) is 59.3 Å². The van der Waals surface area contributed by atoms with E-state index in [1.165, 1.54) is 49.0 Å². The molecule has 0 saturated heterocycles. The molecule has 0 fully saturated rings. The molecule has 0 saturated carbocycles. The molecule has 0 amide bonds. The molecule has 0 aromatic carbocycles. The Morgan fingerprint density at radius 2 is 1.19 bits per heavy atom. The predicted molar refractivity (Wildman–Crippen MR) is 107 cm³/mol. The van der Waals surface area contributed by atoms with E-state index >= 15 is 0 Å². The third kappa shape index (κ3) is 11.0. The van der Waals surface area contributed by atoms with Gasteiger partial charge in [-0.1, -0.05) is 0 Å². The van der Waals surface area contributed by atoms with Crippen molar-refractivity contribution in [3.8, 4) is 0 Å². The van der Waals surface area contributed by atoms with E-state index in [-0.39, 0.29) is 0 Å². The van der Waals surface area contributed by atoms with Gasteiger partial charge in [-0.25, -0.2) is 0 Å². The second kappa shape index (κ2) is 11.3. The number of rotatable bonds is 13. The Hall–Kier alpha value is 0.756. The minimum absolute atomic E-state index is 0.980. The van der Waals surface area contributed by atoms with Crippen LogP contribution in [0.3, 0.4) is 0 Å². The van der Waals surface area contributed by atoms with E-state index in [0.29, 0.717) is 0 Å². The Morgan fingerprint density at radius 3 is 1.48 bits per heavy atom. The summed E-state index contributed by atoms with van der Waals surface area (Å²) < 4.78 is 6.42. The second-order valence-corrected chi connectivity index (χ2v) is 27.8. The zero-order chi connectivity index (χ0) is 16.4.